The third-order valence-corrected chi connectivity index (χ3v) is 5.99. The molecule has 0 aliphatic heterocycles. The van der Waals surface area contributed by atoms with Crippen molar-refractivity contribution in [3.8, 4) is 11.3 Å². The van der Waals surface area contributed by atoms with E-state index in [2.05, 4.69) is 20.9 Å². The van der Waals surface area contributed by atoms with Crippen molar-refractivity contribution in [1.82, 2.24) is 9.55 Å². The Kier molecular flexibility index (Phi) is 6.72. The van der Waals surface area contributed by atoms with Gasteiger partial charge in [-0.05, 0) is 63.1 Å². The fraction of sp³-hybridized carbons (Fsp3) is 0.391. The van der Waals surface area contributed by atoms with Crippen molar-refractivity contribution in [1.29, 1.82) is 0 Å². The maximum atomic E-state index is 13.7. The van der Waals surface area contributed by atoms with E-state index in [9.17, 15) is 23.1 Å². The molecule has 0 fully saturated rings. The summed E-state index contributed by atoms with van der Waals surface area (Å²) in [5.41, 5.74) is 0.956. The van der Waals surface area contributed by atoms with Gasteiger partial charge in [0.15, 0.2) is 0 Å². The molecule has 0 spiro atoms. The number of carboxylic acids is 1. The maximum absolute atomic E-state index is 13.7. The molecule has 0 radical (unpaired) electrons. The summed E-state index contributed by atoms with van der Waals surface area (Å²) in [4.78, 5) is 16.3. The minimum Gasteiger partial charge on any atom is -0.481 e. The molecule has 0 aliphatic carbocycles. The second kappa shape index (κ2) is 8.86. The lowest BCUT2D eigenvalue weighted by Gasteiger charge is -2.22. The zero-order valence-electron chi connectivity index (χ0n) is 18.1. The largest absolute Gasteiger partial charge is 0.481 e. The van der Waals surface area contributed by atoms with E-state index in [-0.39, 0.29) is 6.42 Å². The average Bonchev–Trinajstić information content (AvgIpc) is 2.97. The minimum atomic E-state index is -4.48. The zero-order chi connectivity index (χ0) is 23.8. The molecule has 2 aromatic heterocycles. The first kappa shape index (κ1) is 24.3. The Morgan fingerprint density at radius 2 is 1.97 bits per heavy atom. The summed E-state index contributed by atoms with van der Waals surface area (Å²) in [6.07, 6.45) is -3.37. The quantitative estimate of drug-likeness (QED) is 0.398. The Hall–Kier alpha value is -2.39. The molecule has 1 atom stereocenters. The van der Waals surface area contributed by atoms with Crippen LogP contribution in [-0.4, -0.2) is 33.9 Å². The molecule has 2 heterocycles. The van der Waals surface area contributed by atoms with E-state index in [1.807, 2.05) is 0 Å². The lowest BCUT2D eigenvalue weighted by atomic mass is 9.84. The topological polar surface area (TPSA) is 64.3 Å². The number of nitrogens with zero attached hydrogens (tertiary/aromatic N) is 2. The number of pyridine rings is 1. The summed E-state index contributed by atoms with van der Waals surface area (Å²) in [7, 11) is 1.50. The van der Waals surface area contributed by atoms with Crippen molar-refractivity contribution in [2.24, 2.45) is 5.41 Å². The van der Waals surface area contributed by atoms with Crippen LogP contribution in [0.15, 0.2) is 41.0 Å². The molecule has 0 saturated carbocycles. The van der Waals surface area contributed by atoms with Gasteiger partial charge in [-0.15, -0.1) is 0 Å². The van der Waals surface area contributed by atoms with E-state index >= 15 is 0 Å². The number of aromatic nitrogens is 2. The summed E-state index contributed by atoms with van der Waals surface area (Å²) in [5.74, 6) is -1.04. The predicted molar refractivity (Wildman–Crippen MR) is 119 cm³/mol. The lowest BCUT2D eigenvalue weighted by molar-refractivity contribution is -0.147. The van der Waals surface area contributed by atoms with Crippen molar-refractivity contribution < 1.29 is 27.8 Å². The number of fused-ring (bicyclic) bond motifs is 1. The SMILES string of the molecule is CO[C@@H](C)c1ncccc1-c1c(CC(C)(C)C(=O)O)c2cc(Br)ccc2n1CC(F)(F)F. The maximum Gasteiger partial charge on any atom is 0.406 e. The van der Waals surface area contributed by atoms with E-state index in [0.717, 1.165) is 0 Å². The van der Waals surface area contributed by atoms with Crippen LogP contribution in [0.3, 0.4) is 0 Å². The van der Waals surface area contributed by atoms with Gasteiger partial charge in [0.25, 0.3) is 0 Å². The smallest absolute Gasteiger partial charge is 0.406 e. The molecule has 0 bridgehead atoms. The van der Waals surface area contributed by atoms with Gasteiger partial charge < -0.3 is 14.4 Å². The second-order valence-corrected chi connectivity index (χ2v) is 9.29. The molecule has 172 valence electrons. The number of carboxylic acid groups (broad SMARTS) is 1. The van der Waals surface area contributed by atoms with Crippen molar-refractivity contribution in [3.63, 3.8) is 0 Å². The van der Waals surface area contributed by atoms with Crippen LogP contribution in [-0.2, 0) is 22.5 Å². The van der Waals surface area contributed by atoms with Crippen LogP contribution in [0.5, 0.6) is 0 Å². The van der Waals surface area contributed by atoms with Crippen LogP contribution < -0.4 is 0 Å². The van der Waals surface area contributed by atoms with E-state index < -0.39 is 30.2 Å². The summed E-state index contributed by atoms with van der Waals surface area (Å²) < 4.78 is 48.4. The molecule has 3 rings (SSSR count). The normalized spacial score (nSPS) is 13.5. The highest BCUT2D eigenvalue weighted by atomic mass is 79.9. The van der Waals surface area contributed by atoms with Gasteiger partial charge in [0, 0.05) is 34.2 Å². The summed E-state index contributed by atoms with van der Waals surface area (Å²) in [5, 5.41) is 10.3. The minimum absolute atomic E-state index is 0.0329. The van der Waals surface area contributed by atoms with Crippen LogP contribution in [0, 0.1) is 5.41 Å². The summed E-state index contributed by atoms with van der Waals surface area (Å²) >= 11 is 3.40. The first-order valence-corrected chi connectivity index (χ1v) is 10.7. The number of benzene rings is 1. The molecule has 1 N–H and O–H groups in total. The first-order valence-electron chi connectivity index (χ1n) is 9.94. The number of methoxy groups -OCH3 is 1. The number of alkyl halides is 3. The van der Waals surface area contributed by atoms with Crippen LogP contribution in [0.25, 0.3) is 22.2 Å². The molecule has 0 unspecified atom stereocenters. The van der Waals surface area contributed by atoms with E-state index in [0.29, 0.717) is 37.9 Å². The number of ether oxygens (including phenoxy) is 1. The third kappa shape index (κ3) is 4.83. The monoisotopic (exact) mass is 512 g/mol. The summed E-state index contributed by atoms with van der Waals surface area (Å²) in [6, 6.07) is 8.37. The Morgan fingerprint density at radius 1 is 1.28 bits per heavy atom. The lowest BCUT2D eigenvalue weighted by Crippen LogP contribution is -2.26. The highest BCUT2D eigenvalue weighted by Gasteiger charge is 2.35. The second-order valence-electron chi connectivity index (χ2n) is 8.37. The van der Waals surface area contributed by atoms with Gasteiger partial charge in [-0.25, -0.2) is 0 Å². The van der Waals surface area contributed by atoms with Crippen molar-refractivity contribution in [2.75, 3.05) is 7.11 Å². The van der Waals surface area contributed by atoms with Crippen molar-refractivity contribution in [2.45, 2.75) is 46.0 Å². The van der Waals surface area contributed by atoms with Crippen LogP contribution in [0.4, 0.5) is 13.2 Å². The highest BCUT2D eigenvalue weighted by Crippen LogP contribution is 2.42. The number of hydrogen-bond donors (Lipinski definition) is 1. The summed E-state index contributed by atoms with van der Waals surface area (Å²) in [6.45, 7) is 3.67. The highest BCUT2D eigenvalue weighted by molar-refractivity contribution is 9.10. The molecule has 3 aromatic rings. The van der Waals surface area contributed by atoms with E-state index in [1.165, 1.54) is 11.7 Å². The molecule has 32 heavy (non-hydrogen) atoms. The molecule has 5 nitrogen and oxygen atoms in total. The standard InChI is InChI=1S/C23H24BrF3N2O3/c1-13(32-4)19-15(6-5-9-28-19)20-17(11-22(2,3)21(30)31)16-10-14(24)7-8-18(16)29(20)12-23(25,26)27/h5-10,13H,11-12H2,1-4H3,(H,30,31)/t13-/m0/s1. The van der Waals surface area contributed by atoms with Gasteiger partial charge in [0.05, 0.1) is 22.9 Å². The van der Waals surface area contributed by atoms with Gasteiger partial charge in [-0.1, -0.05) is 15.9 Å². The number of halogens is 4. The van der Waals surface area contributed by atoms with Crippen LogP contribution >= 0.6 is 15.9 Å². The number of hydrogen-bond acceptors (Lipinski definition) is 3. The van der Waals surface area contributed by atoms with E-state index in [4.69, 9.17) is 4.74 Å². The first-order chi connectivity index (χ1) is 14.9. The van der Waals surface area contributed by atoms with Crippen LogP contribution in [0.1, 0.15) is 38.1 Å². The van der Waals surface area contributed by atoms with Gasteiger partial charge in [-0.2, -0.15) is 13.2 Å². The van der Waals surface area contributed by atoms with Gasteiger partial charge in [0.1, 0.15) is 6.54 Å². The Bertz CT molecular complexity index is 1160. The number of rotatable bonds is 7. The zero-order valence-corrected chi connectivity index (χ0v) is 19.7. The molecular formula is C23H24BrF3N2O3. The van der Waals surface area contributed by atoms with Gasteiger partial charge in [-0.3, -0.25) is 9.78 Å². The number of carbonyl (C=O) groups is 1. The fourth-order valence-corrected chi connectivity index (χ4v) is 4.16. The van der Waals surface area contributed by atoms with Gasteiger partial charge in [0.2, 0.25) is 0 Å². The predicted octanol–water partition coefficient (Wildman–Crippen LogP) is 6.39. The Morgan fingerprint density at radius 3 is 2.56 bits per heavy atom. The Balaban J connectivity index is 2.46. The fourth-order valence-electron chi connectivity index (χ4n) is 3.80. The molecule has 0 aliphatic rings. The number of aliphatic carboxylic acids is 1. The molecule has 1 aromatic carbocycles. The van der Waals surface area contributed by atoms with Crippen molar-refractivity contribution in [3.05, 3.63) is 52.3 Å². The molecule has 9 heteroatoms. The molecule has 0 saturated heterocycles. The van der Waals surface area contributed by atoms with Crippen molar-refractivity contribution >= 4 is 32.8 Å². The molecular weight excluding hydrogens is 489 g/mol. The average molecular weight is 513 g/mol. The molecule has 0 amide bonds. The third-order valence-electron chi connectivity index (χ3n) is 5.50. The Labute approximate surface area is 192 Å². The van der Waals surface area contributed by atoms with E-state index in [1.54, 1.807) is 57.3 Å². The van der Waals surface area contributed by atoms with Crippen LogP contribution in [0.2, 0.25) is 0 Å². The van der Waals surface area contributed by atoms with Gasteiger partial charge >= 0.3 is 12.1 Å².